The Bertz CT molecular complexity index is 786. The van der Waals surface area contributed by atoms with E-state index in [9.17, 15) is 9.59 Å². The second-order valence-electron chi connectivity index (χ2n) is 6.06. The Morgan fingerprint density at radius 3 is 2.43 bits per heavy atom. The highest BCUT2D eigenvalue weighted by Gasteiger charge is 2.33. The van der Waals surface area contributed by atoms with Gasteiger partial charge in [-0.25, -0.2) is 0 Å². The molecular weight excluding hydrogens is 268 g/mol. The molecule has 0 aliphatic carbocycles. The van der Waals surface area contributed by atoms with E-state index < -0.39 is 11.1 Å². The molecule has 1 aromatic heterocycles. The normalized spacial score (nSPS) is 27.9. The van der Waals surface area contributed by atoms with Crippen molar-refractivity contribution in [3.05, 3.63) is 38.9 Å². The van der Waals surface area contributed by atoms with Crippen LogP contribution in [0.1, 0.15) is 12.8 Å². The van der Waals surface area contributed by atoms with Crippen molar-refractivity contribution >= 4 is 16.7 Å². The summed E-state index contributed by atoms with van der Waals surface area (Å²) in [4.78, 5) is 30.4. The maximum absolute atomic E-state index is 11.4. The van der Waals surface area contributed by atoms with Gasteiger partial charge in [0, 0.05) is 18.3 Å². The van der Waals surface area contributed by atoms with E-state index in [2.05, 4.69) is 20.2 Å². The molecule has 0 saturated carbocycles. The Labute approximate surface area is 121 Å². The average Bonchev–Trinajstić information content (AvgIpc) is 2.50. The number of hydrogen-bond donors (Lipinski definition) is 3. The van der Waals surface area contributed by atoms with E-state index in [1.165, 1.54) is 25.9 Å². The minimum absolute atomic E-state index is 0.472. The number of nitrogens with one attached hydrogen (secondary N) is 3. The lowest BCUT2D eigenvalue weighted by Gasteiger charge is -2.45. The van der Waals surface area contributed by atoms with Crippen LogP contribution in [0.25, 0.3) is 11.0 Å². The summed E-state index contributed by atoms with van der Waals surface area (Å²) in [7, 11) is 0. The number of H-pyrrole nitrogens is 2. The highest BCUT2D eigenvalue weighted by atomic mass is 16.2. The molecule has 3 aliphatic rings. The van der Waals surface area contributed by atoms with Crippen LogP contribution in [0.5, 0.6) is 0 Å². The molecule has 1 aromatic carbocycles. The van der Waals surface area contributed by atoms with Crippen molar-refractivity contribution in [2.24, 2.45) is 5.92 Å². The van der Waals surface area contributed by atoms with E-state index in [-0.39, 0.29) is 0 Å². The third-order valence-corrected chi connectivity index (χ3v) is 4.73. The molecule has 5 rings (SSSR count). The second-order valence-corrected chi connectivity index (χ2v) is 6.06. The second kappa shape index (κ2) is 4.73. The Hall–Kier alpha value is -2.08. The van der Waals surface area contributed by atoms with Gasteiger partial charge in [0.1, 0.15) is 0 Å². The molecule has 2 bridgehead atoms. The van der Waals surface area contributed by atoms with E-state index in [0.29, 0.717) is 17.1 Å². The summed E-state index contributed by atoms with van der Waals surface area (Å²) < 4.78 is 0. The minimum atomic E-state index is -0.611. The maximum Gasteiger partial charge on any atom is 0.314 e. The Kier molecular flexibility index (Phi) is 2.85. The van der Waals surface area contributed by atoms with Gasteiger partial charge in [-0.3, -0.25) is 9.59 Å². The third kappa shape index (κ3) is 2.25. The molecule has 4 heterocycles. The molecule has 3 aliphatic heterocycles. The fraction of sp³-hybridized carbons (Fsp3) is 0.467. The van der Waals surface area contributed by atoms with E-state index in [1.807, 2.05) is 18.2 Å². The van der Waals surface area contributed by atoms with Gasteiger partial charge in [-0.1, -0.05) is 0 Å². The fourth-order valence-corrected chi connectivity index (χ4v) is 3.55. The highest BCUT2D eigenvalue weighted by molar-refractivity contribution is 5.78. The zero-order chi connectivity index (χ0) is 14.4. The van der Waals surface area contributed by atoms with E-state index in [1.54, 1.807) is 0 Å². The van der Waals surface area contributed by atoms with Crippen LogP contribution in [-0.4, -0.2) is 40.5 Å². The highest BCUT2D eigenvalue weighted by Crippen LogP contribution is 2.30. The molecule has 0 spiro atoms. The number of nitrogens with zero attached hydrogens (tertiary/aromatic N) is 1. The van der Waals surface area contributed by atoms with Crippen molar-refractivity contribution in [2.75, 3.05) is 25.0 Å². The first kappa shape index (κ1) is 12.6. The molecule has 6 heteroatoms. The van der Waals surface area contributed by atoms with Crippen molar-refractivity contribution in [1.82, 2.24) is 14.9 Å². The van der Waals surface area contributed by atoms with Crippen molar-refractivity contribution in [3.63, 3.8) is 0 Å². The molecule has 0 amide bonds. The molecule has 6 nitrogen and oxygen atoms in total. The van der Waals surface area contributed by atoms with Crippen LogP contribution < -0.4 is 16.4 Å². The quantitative estimate of drug-likeness (QED) is 0.711. The van der Waals surface area contributed by atoms with E-state index in [4.69, 9.17) is 0 Å². The zero-order valence-electron chi connectivity index (χ0n) is 11.7. The molecule has 1 atom stereocenters. The summed E-state index contributed by atoms with van der Waals surface area (Å²) in [6.07, 6.45) is 2.52. The molecule has 2 aromatic rings. The molecule has 0 radical (unpaired) electrons. The number of rotatable bonds is 2. The molecule has 3 N–H and O–H groups in total. The van der Waals surface area contributed by atoms with Gasteiger partial charge in [-0.15, -0.1) is 0 Å². The fourth-order valence-electron chi connectivity index (χ4n) is 3.55. The molecule has 21 heavy (non-hydrogen) atoms. The van der Waals surface area contributed by atoms with Gasteiger partial charge in [0.15, 0.2) is 0 Å². The number of aromatic nitrogens is 2. The van der Waals surface area contributed by atoms with Crippen LogP contribution in [-0.2, 0) is 0 Å². The summed E-state index contributed by atoms with van der Waals surface area (Å²) in [5.41, 5.74) is 1.08. The number of fused-ring (bicyclic) bond motifs is 4. The summed E-state index contributed by atoms with van der Waals surface area (Å²) >= 11 is 0. The summed E-state index contributed by atoms with van der Waals surface area (Å²) in [5.74, 6) is 0.736. The Balaban J connectivity index is 1.63. The standard InChI is InChI=1S/C15H18N4O2/c20-14-15(21)18-12-7-10(1-2-11(12)17-14)16-13-8-19-5-3-9(13)4-6-19/h1-2,7,9,13,16H,3-6,8H2,(H,17,20)(H,18,21). The molecule has 110 valence electrons. The van der Waals surface area contributed by atoms with E-state index in [0.717, 1.165) is 18.2 Å². The SMILES string of the molecule is O=c1[nH]c2ccc(NC3CN4CCC3CC4)cc2[nH]c1=O. The summed E-state index contributed by atoms with van der Waals surface area (Å²) in [6.45, 7) is 3.52. The largest absolute Gasteiger partial charge is 0.381 e. The van der Waals surface area contributed by atoms with Gasteiger partial charge in [0.25, 0.3) is 0 Å². The van der Waals surface area contributed by atoms with Crippen LogP contribution in [0.3, 0.4) is 0 Å². The lowest BCUT2D eigenvalue weighted by atomic mass is 9.84. The topological polar surface area (TPSA) is 81.0 Å². The molecule has 1 unspecified atom stereocenters. The van der Waals surface area contributed by atoms with Gasteiger partial charge in [0.05, 0.1) is 11.0 Å². The number of benzene rings is 1. The van der Waals surface area contributed by atoms with Gasteiger partial charge in [-0.05, 0) is 50.0 Å². The summed E-state index contributed by atoms with van der Waals surface area (Å²) in [6, 6.07) is 6.15. The van der Waals surface area contributed by atoms with Crippen LogP contribution >= 0.6 is 0 Å². The number of hydrogen-bond acceptors (Lipinski definition) is 4. The van der Waals surface area contributed by atoms with Gasteiger partial charge < -0.3 is 20.2 Å². The smallest absolute Gasteiger partial charge is 0.314 e. The van der Waals surface area contributed by atoms with Crippen LogP contribution in [0.2, 0.25) is 0 Å². The molecule has 3 saturated heterocycles. The zero-order valence-corrected chi connectivity index (χ0v) is 11.7. The van der Waals surface area contributed by atoms with Crippen LogP contribution in [0.4, 0.5) is 5.69 Å². The van der Waals surface area contributed by atoms with Gasteiger partial charge in [0.2, 0.25) is 0 Å². The van der Waals surface area contributed by atoms with Crippen LogP contribution in [0.15, 0.2) is 27.8 Å². The van der Waals surface area contributed by atoms with Gasteiger partial charge in [-0.2, -0.15) is 0 Å². The molecular formula is C15H18N4O2. The first-order valence-electron chi connectivity index (χ1n) is 7.44. The minimum Gasteiger partial charge on any atom is -0.381 e. The van der Waals surface area contributed by atoms with Crippen molar-refractivity contribution in [2.45, 2.75) is 18.9 Å². The number of anilines is 1. The predicted octanol–water partition coefficient (Wildman–Crippen LogP) is 0.722. The van der Waals surface area contributed by atoms with Crippen molar-refractivity contribution in [1.29, 1.82) is 0 Å². The lowest BCUT2D eigenvalue weighted by molar-refractivity contribution is 0.0975. The first-order chi connectivity index (χ1) is 10.2. The Morgan fingerprint density at radius 1 is 1.05 bits per heavy atom. The van der Waals surface area contributed by atoms with Crippen molar-refractivity contribution < 1.29 is 0 Å². The third-order valence-electron chi connectivity index (χ3n) is 4.73. The number of piperidine rings is 3. The monoisotopic (exact) mass is 286 g/mol. The van der Waals surface area contributed by atoms with Gasteiger partial charge >= 0.3 is 11.1 Å². The number of aromatic amines is 2. The van der Waals surface area contributed by atoms with Crippen molar-refractivity contribution in [3.8, 4) is 0 Å². The average molecular weight is 286 g/mol. The van der Waals surface area contributed by atoms with Crippen LogP contribution in [0, 0.1) is 5.92 Å². The predicted molar refractivity (Wildman–Crippen MR) is 81.8 cm³/mol. The maximum atomic E-state index is 11.4. The lowest BCUT2D eigenvalue weighted by Crippen LogP contribution is -2.53. The molecule has 3 fully saturated rings. The summed E-state index contributed by atoms with van der Waals surface area (Å²) in [5, 5.41) is 3.58. The van der Waals surface area contributed by atoms with E-state index >= 15 is 0 Å². The Morgan fingerprint density at radius 2 is 1.76 bits per heavy atom. The first-order valence-corrected chi connectivity index (χ1v) is 7.44.